The summed E-state index contributed by atoms with van der Waals surface area (Å²) < 4.78 is 31.8. The third-order valence-electron chi connectivity index (χ3n) is 5.13. The van der Waals surface area contributed by atoms with Gasteiger partial charge in [0.2, 0.25) is 10.0 Å². The van der Waals surface area contributed by atoms with Crippen LogP contribution in [0.15, 0.2) is 52.7 Å². The van der Waals surface area contributed by atoms with Gasteiger partial charge in [0.05, 0.1) is 10.6 Å². The van der Waals surface area contributed by atoms with Crippen LogP contribution < -0.4 is 5.32 Å². The minimum atomic E-state index is -3.79. The first-order valence-electron chi connectivity index (χ1n) is 10.3. The van der Waals surface area contributed by atoms with Gasteiger partial charge in [-0.05, 0) is 37.1 Å². The zero-order valence-corrected chi connectivity index (χ0v) is 20.1. The molecule has 12 heteroatoms. The Morgan fingerprint density at radius 2 is 1.91 bits per heavy atom. The smallest absolute Gasteiger partial charge is 0.342 e. The van der Waals surface area contributed by atoms with E-state index in [-0.39, 0.29) is 15.6 Å². The number of aromatic hydroxyl groups is 1. The molecule has 178 valence electrons. The molecule has 0 aliphatic carbocycles. The van der Waals surface area contributed by atoms with Crippen molar-refractivity contribution in [2.24, 2.45) is 0 Å². The molecule has 0 unspecified atom stereocenters. The molecule has 1 fully saturated rings. The predicted molar refractivity (Wildman–Crippen MR) is 128 cm³/mol. The number of hydrogen-bond acceptors (Lipinski definition) is 8. The Bertz CT molecular complexity index is 1340. The molecule has 1 saturated heterocycles. The Kier molecular flexibility index (Phi) is 7.17. The average molecular weight is 522 g/mol. The van der Waals surface area contributed by atoms with Gasteiger partial charge in [0.15, 0.2) is 11.7 Å². The van der Waals surface area contributed by atoms with Crippen molar-refractivity contribution < 1.29 is 27.9 Å². The largest absolute Gasteiger partial charge is 0.507 e. The van der Waals surface area contributed by atoms with E-state index in [0.29, 0.717) is 29.4 Å². The van der Waals surface area contributed by atoms with Gasteiger partial charge in [0.25, 0.3) is 5.91 Å². The first-order valence-corrected chi connectivity index (χ1v) is 13.0. The van der Waals surface area contributed by atoms with Gasteiger partial charge in [-0.1, -0.05) is 29.8 Å². The lowest BCUT2D eigenvalue weighted by molar-refractivity contribution is -0.119. The molecule has 0 bridgehead atoms. The van der Waals surface area contributed by atoms with Crippen LogP contribution in [0.2, 0.25) is 5.02 Å². The number of phenols is 1. The standard InChI is InChI=1S/C22H20ClN3O6S2/c23-17-6-2-1-5-15(17)18-13-33-22(24-18)25-20(28)12-32-21(29)16-11-14(7-8-19(16)27)34(30,31)26-9-3-4-10-26/h1-2,5-8,11,13,27H,3-4,9-10,12H2,(H,24,25,28). The SMILES string of the molecule is O=C(COC(=O)c1cc(S(=O)(=O)N2CCCC2)ccc1O)Nc1nc(-c2ccccc2Cl)cs1. The molecule has 1 amide bonds. The Balaban J connectivity index is 1.39. The van der Waals surface area contributed by atoms with Crippen LogP contribution in [0.4, 0.5) is 5.13 Å². The van der Waals surface area contributed by atoms with E-state index in [0.717, 1.165) is 25.0 Å². The maximum Gasteiger partial charge on any atom is 0.342 e. The van der Waals surface area contributed by atoms with Crippen molar-refractivity contribution >= 4 is 50.0 Å². The summed E-state index contributed by atoms with van der Waals surface area (Å²) in [6.07, 6.45) is 1.53. The highest BCUT2D eigenvalue weighted by atomic mass is 35.5. The highest BCUT2D eigenvalue weighted by Crippen LogP contribution is 2.30. The summed E-state index contributed by atoms with van der Waals surface area (Å²) in [6.45, 7) is 0.151. The van der Waals surface area contributed by atoms with E-state index < -0.39 is 34.3 Å². The average Bonchev–Trinajstić information content (AvgIpc) is 3.51. The van der Waals surface area contributed by atoms with Crippen molar-refractivity contribution in [1.82, 2.24) is 9.29 Å². The molecule has 4 rings (SSSR count). The quantitative estimate of drug-likeness (QED) is 0.453. The number of aromatic nitrogens is 1. The van der Waals surface area contributed by atoms with Gasteiger partial charge < -0.3 is 9.84 Å². The normalized spacial score (nSPS) is 14.1. The second-order valence-electron chi connectivity index (χ2n) is 7.43. The number of phenolic OH excluding ortho intramolecular Hbond substituents is 1. The topological polar surface area (TPSA) is 126 Å². The van der Waals surface area contributed by atoms with Gasteiger partial charge in [-0.3, -0.25) is 10.1 Å². The molecule has 0 radical (unpaired) electrons. The molecule has 0 saturated carbocycles. The monoisotopic (exact) mass is 521 g/mol. The number of carbonyl (C=O) groups is 2. The summed E-state index contributed by atoms with van der Waals surface area (Å²) in [5.41, 5.74) is 0.957. The fourth-order valence-corrected chi connectivity index (χ4v) is 5.91. The number of carbonyl (C=O) groups excluding carboxylic acids is 2. The second-order valence-corrected chi connectivity index (χ2v) is 10.6. The van der Waals surface area contributed by atoms with E-state index in [4.69, 9.17) is 16.3 Å². The number of nitrogens with zero attached hydrogens (tertiary/aromatic N) is 2. The molecule has 3 aromatic rings. The number of hydrogen-bond donors (Lipinski definition) is 2. The van der Waals surface area contributed by atoms with Crippen molar-refractivity contribution in [2.45, 2.75) is 17.7 Å². The molecule has 9 nitrogen and oxygen atoms in total. The number of esters is 1. The number of anilines is 1. The fraction of sp³-hybridized carbons (Fsp3) is 0.227. The van der Waals surface area contributed by atoms with Gasteiger partial charge >= 0.3 is 5.97 Å². The number of halogens is 1. The van der Waals surface area contributed by atoms with Gasteiger partial charge in [0.1, 0.15) is 11.3 Å². The number of sulfonamides is 1. The van der Waals surface area contributed by atoms with Crippen LogP contribution in [0.1, 0.15) is 23.2 Å². The molecule has 1 aromatic heterocycles. The molecular weight excluding hydrogens is 502 g/mol. The molecular formula is C22H20ClN3O6S2. The molecule has 0 spiro atoms. The number of nitrogens with one attached hydrogen (secondary N) is 1. The van der Waals surface area contributed by atoms with Crippen LogP contribution in [0.5, 0.6) is 5.75 Å². The van der Waals surface area contributed by atoms with Gasteiger partial charge in [0, 0.05) is 29.1 Å². The first-order chi connectivity index (χ1) is 16.3. The van der Waals surface area contributed by atoms with E-state index in [1.54, 1.807) is 23.6 Å². The lowest BCUT2D eigenvalue weighted by Crippen LogP contribution is -2.28. The maximum atomic E-state index is 12.7. The number of amides is 1. The van der Waals surface area contributed by atoms with Crippen LogP contribution >= 0.6 is 22.9 Å². The highest BCUT2D eigenvalue weighted by molar-refractivity contribution is 7.89. The summed E-state index contributed by atoms with van der Waals surface area (Å²) in [5.74, 6) is -2.12. The van der Waals surface area contributed by atoms with Crippen LogP contribution in [0.3, 0.4) is 0 Å². The Morgan fingerprint density at radius 1 is 1.18 bits per heavy atom. The second kappa shape index (κ2) is 10.1. The molecule has 2 heterocycles. The molecule has 2 N–H and O–H groups in total. The molecule has 1 aliphatic rings. The van der Waals surface area contributed by atoms with Gasteiger partial charge in [-0.25, -0.2) is 18.2 Å². The zero-order chi connectivity index (χ0) is 24.3. The third-order valence-corrected chi connectivity index (χ3v) is 8.11. The summed E-state index contributed by atoms with van der Waals surface area (Å²) in [6, 6.07) is 10.5. The van der Waals surface area contributed by atoms with E-state index in [1.807, 2.05) is 6.07 Å². The minimum Gasteiger partial charge on any atom is -0.507 e. The summed E-state index contributed by atoms with van der Waals surface area (Å²) in [5, 5.41) is 15.1. The van der Waals surface area contributed by atoms with Crippen LogP contribution in [0, 0.1) is 0 Å². The lowest BCUT2D eigenvalue weighted by atomic mass is 10.2. The number of benzene rings is 2. The van der Waals surface area contributed by atoms with Crippen LogP contribution in [0.25, 0.3) is 11.3 Å². The fourth-order valence-electron chi connectivity index (χ4n) is 3.40. The Labute approximate surface area is 205 Å². The lowest BCUT2D eigenvalue weighted by Gasteiger charge is -2.16. The summed E-state index contributed by atoms with van der Waals surface area (Å²) in [7, 11) is -3.79. The molecule has 34 heavy (non-hydrogen) atoms. The Hall–Kier alpha value is -2.99. The predicted octanol–water partition coefficient (Wildman–Crippen LogP) is 3.75. The molecule has 1 aliphatic heterocycles. The van der Waals surface area contributed by atoms with E-state index in [9.17, 15) is 23.1 Å². The number of ether oxygens (including phenoxy) is 1. The van der Waals surface area contributed by atoms with E-state index >= 15 is 0 Å². The van der Waals surface area contributed by atoms with E-state index in [1.165, 1.54) is 21.7 Å². The van der Waals surface area contributed by atoms with Crippen LogP contribution in [-0.4, -0.2) is 54.4 Å². The van der Waals surface area contributed by atoms with E-state index in [2.05, 4.69) is 10.3 Å². The zero-order valence-electron chi connectivity index (χ0n) is 17.7. The number of thiazole rings is 1. The van der Waals surface area contributed by atoms with Crippen molar-refractivity contribution in [1.29, 1.82) is 0 Å². The van der Waals surface area contributed by atoms with Crippen molar-refractivity contribution in [2.75, 3.05) is 25.0 Å². The molecule has 0 atom stereocenters. The highest BCUT2D eigenvalue weighted by Gasteiger charge is 2.29. The Morgan fingerprint density at radius 3 is 2.65 bits per heavy atom. The number of rotatable bonds is 7. The maximum absolute atomic E-state index is 12.7. The summed E-state index contributed by atoms with van der Waals surface area (Å²) >= 11 is 7.34. The van der Waals surface area contributed by atoms with Crippen molar-refractivity contribution in [3.63, 3.8) is 0 Å². The summed E-state index contributed by atoms with van der Waals surface area (Å²) in [4.78, 5) is 28.9. The van der Waals surface area contributed by atoms with Gasteiger partial charge in [-0.15, -0.1) is 11.3 Å². The van der Waals surface area contributed by atoms with Gasteiger partial charge in [-0.2, -0.15) is 4.31 Å². The van der Waals surface area contributed by atoms with Crippen molar-refractivity contribution in [3.8, 4) is 17.0 Å². The third kappa shape index (κ3) is 5.22. The minimum absolute atomic E-state index is 0.126. The van der Waals surface area contributed by atoms with Crippen molar-refractivity contribution in [3.05, 3.63) is 58.4 Å². The van der Waals surface area contributed by atoms with Crippen LogP contribution in [-0.2, 0) is 19.6 Å². The first kappa shape index (κ1) is 24.1. The molecule has 2 aromatic carbocycles.